The normalized spacial score (nSPS) is 21.2. The summed E-state index contributed by atoms with van der Waals surface area (Å²) in [5, 5.41) is 4.70. The van der Waals surface area contributed by atoms with E-state index in [1.165, 1.54) is 60.8 Å². The molecule has 3 aromatic rings. The molecule has 2 aliphatic heterocycles. The molecule has 1 aliphatic carbocycles. The van der Waals surface area contributed by atoms with E-state index in [4.69, 9.17) is 14.8 Å². The van der Waals surface area contributed by atoms with Crippen molar-refractivity contribution in [2.24, 2.45) is 5.92 Å². The number of rotatable bonds is 6. The van der Waals surface area contributed by atoms with Crippen molar-refractivity contribution in [3.8, 4) is 22.4 Å². The van der Waals surface area contributed by atoms with Crippen LogP contribution in [-0.2, 0) is 24.4 Å². The van der Waals surface area contributed by atoms with E-state index in [9.17, 15) is 0 Å². The number of hydrogen-bond acceptors (Lipinski definition) is 4. The lowest BCUT2D eigenvalue weighted by molar-refractivity contribution is 0.0723. The van der Waals surface area contributed by atoms with Crippen molar-refractivity contribution in [2.75, 3.05) is 13.2 Å². The summed E-state index contributed by atoms with van der Waals surface area (Å²) in [6.45, 7) is 7.11. The molecule has 2 fully saturated rings. The first kappa shape index (κ1) is 21.1. The third kappa shape index (κ3) is 4.49. The minimum atomic E-state index is 0.407. The van der Waals surface area contributed by atoms with Gasteiger partial charge in [-0.2, -0.15) is 5.10 Å². The third-order valence-electron chi connectivity index (χ3n) is 7.65. The van der Waals surface area contributed by atoms with Crippen molar-refractivity contribution in [3.05, 3.63) is 59.5 Å². The SMILES string of the molecule is Cc1ccc(-c2cnn(CC3CCCC3)c2)c(-c2ccc3c(c2)CN(CC2CCCO2)C3)n1. The van der Waals surface area contributed by atoms with Gasteiger partial charge in [-0.1, -0.05) is 31.0 Å². The zero-order valence-electron chi connectivity index (χ0n) is 19.7. The minimum Gasteiger partial charge on any atom is -0.377 e. The number of aryl methyl sites for hydroxylation is 1. The van der Waals surface area contributed by atoms with Crippen LogP contribution in [0.5, 0.6) is 0 Å². The number of benzene rings is 1. The van der Waals surface area contributed by atoms with E-state index in [-0.39, 0.29) is 0 Å². The lowest BCUT2D eigenvalue weighted by Gasteiger charge is -2.18. The average molecular weight is 443 g/mol. The molecule has 0 spiro atoms. The highest BCUT2D eigenvalue weighted by Gasteiger charge is 2.25. The standard InChI is InChI=1S/C28H34N4O/c1-20-8-11-27(25-14-29-32(18-25)15-21-5-2-3-6-21)28(30-20)22-9-10-23-16-31(17-24(23)13-22)19-26-7-4-12-33-26/h8-11,13-14,18,21,26H,2-7,12,15-17,19H2,1H3. The van der Waals surface area contributed by atoms with Crippen LogP contribution in [-0.4, -0.2) is 38.9 Å². The molecular weight excluding hydrogens is 408 g/mol. The van der Waals surface area contributed by atoms with Crippen LogP contribution in [0.4, 0.5) is 0 Å². The summed E-state index contributed by atoms with van der Waals surface area (Å²) >= 11 is 0. The Hall–Kier alpha value is -2.50. The molecule has 1 saturated heterocycles. The summed E-state index contributed by atoms with van der Waals surface area (Å²) in [4.78, 5) is 7.52. The topological polar surface area (TPSA) is 43.2 Å². The summed E-state index contributed by atoms with van der Waals surface area (Å²) in [6, 6.07) is 11.2. The Morgan fingerprint density at radius 2 is 1.82 bits per heavy atom. The van der Waals surface area contributed by atoms with Gasteiger partial charge in [-0.05, 0) is 61.8 Å². The van der Waals surface area contributed by atoms with Crippen LogP contribution in [0.2, 0.25) is 0 Å². The van der Waals surface area contributed by atoms with E-state index in [1.807, 2.05) is 6.20 Å². The van der Waals surface area contributed by atoms with Gasteiger partial charge in [-0.3, -0.25) is 14.6 Å². The van der Waals surface area contributed by atoms with Crippen LogP contribution in [0.3, 0.4) is 0 Å². The fourth-order valence-electron chi connectivity index (χ4n) is 5.89. The first-order valence-electron chi connectivity index (χ1n) is 12.7. The molecule has 1 unspecified atom stereocenters. The van der Waals surface area contributed by atoms with Crippen molar-refractivity contribution in [2.45, 2.75) is 71.2 Å². The summed E-state index contributed by atoms with van der Waals surface area (Å²) in [6.07, 6.45) is 12.5. The predicted octanol–water partition coefficient (Wildman–Crippen LogP) is 5.61. The van der Waals surface area contributed by atoms with Crippen LogP contribution < -0.4 is 0 Å². The van der Waals surface area contributed by atoms with Crippen molar-refractivity contribution >= 4 is 0 Å². The molecule has 0 N–H and O–H groups in total. The number of ether oxygens (including phenoxy) is 1. The van der Waals surface area contributed by atoms with E-state index < -0.39 is 0 Å². The molecule has 33 heavy (non-hydrogen) atoms. The molecule has 0 amide bonds. The largest absolute Gasteiger partial charge is 0.377 e. The van der Waals surface area contributed by atoms with Crippen molar-refractivity contribution in [1.82, 2.24) is 19.7 Å². The maximum Gasteiger partial charge on any atom is 0.0784 e. The molecule has 172 valence electrons. The Morgan fingerprint density at radius 1 is 0.939 bits per heavy atom. The van der Waals surface area contributed by atoms with E-state index >= 15 is 0 Å². The number of nitrogens with zero attached hydrogens (tertiary/aromatic N) is 4. The lowest BCUT2D eigenvalue weighted by Crippen LogP contribution is -2.27. The zero-order valence-corrected chi connectivity index (χ0v) is 19.7. The van der Waals surface area contributed by atoms with Gasteiger partial charge in [-0.25, -0.2) is 0 Å². The minimum absolute atomic E-state index is 0.407. The highest BCUT2D eigenvalue weighted by atomic mass is 16.5. The molecule has 1 aromatic carbocycles. The molecule has 2 aromatic heterocycles. The highest BCUT2D eigenvalue weighted by molar-refractivity contribution is 5.80. The van der Waals surface area contributed by atoms with Gasteiger partial charge in [0.05, 0.1) is 18.0 Å². The second-order valence-corrected chi connectivity index (χ2v) is 10.2. The third-order valence-corrected chi connectivity index (χ3v) is 7.65. The summed E-state index contributed by atoms with van der Waals surface area (Å²) in [5.74, 6) is 0.780. The monoisotopic (exact) mass is 442 g/mol. The second kappa shape index (κ2) is 9.03. The molecule has 0 bridgehead atoms. The number of fused-ring (bicyclic) bond motifs is 1. The van der Waals surface area contributed by atoms with Crippen LogP contribution >= 0.6 is 0 Å². The Morgan fingerprint density at radius 3 is 2.67 bits per heavy atom. The van der Waals surface area contributed by atoms with E-state index in [0.29, 0.717) is 6.10 Å². The molecule has 1 saturated carbocycles. The van der Waals surface area contributed by atoms with Gasteiger partial charge >= 0.3 is 0 Å². The first-order chi connectivity index (χ1) is 16.2. The van der Waals surface area contributed by atoms with Gasteiger partial charge in [0.25, 0.3) is 0 Å². The summed E-state index contributed by atoms with van der Waals surface area (Å²) in [7, 11) is 0. The number of aromatic nitrogens is 3. The van der Waals surface area contributed by atoms with Gasteiger partial charge in [0.1, 0.15) is 0 Å². The average Bonchev–Trinajstić information content (AvgIpc) is 3.62. The quantitative estimate of drug-likeness (QED) is 0.498. The molecule has 0 radical (unpaired) electrons. The van der Waals surface area contributed by atoms with Crippen LogP contribution in [0.1, 0.15) is 55.3 Å². The Kier molecular flexibility index (Phi) is 5.77. The smallest absolute Gasteiger partial charge is 0.0784 e. The Labute approximate surface area is 196 Å². The van der Waals surface area contributed by atoms with Crippen molar-refractivity contribution < 1.29 is 4.74 Å². The van der Waals surface area contributed by atoms with Crippen LogP contribution in [0.15, 0.2) is 42.7 Å². The Balaban J connectivity index is 1.25. The molecule has 4 heterocycles. The highest BCUT2D eigenvalue weighted by Crippen LogP contribution is 2.34. The van der Waals surface area contributed by atoms with E-state index in [0.717, 1.165) is 55.7 Å². The zero-order chi connectivity index (χ0) is 22.2. The first-order valence-corrected chi connectivity index (χ1v) is 12.7. The van der Waals surface area contributed by atoms with Crippen LogP contribution in [0, 0.1) is 12.8 Å². The van der Waals surface area contributed by atoms with Crippen LogP contribution in [0.25, 0.3) is 22.4 Å². The van der Waals surface area contributed by atoms with Crippen molar-refractivity contribution in [1.29, 1.82) is 0 Å². The summed E-state index contributed by atoms with van der Waals surface area (Å²) < 4.78 is 8.01. The molecule has 1 atom stereocenters. The van der Waals surface area contributed by atoms with Gasteiger partial charge in [0.2, 0.25) is 0 Å². The fourth-order valence-corrected chi connectivity index (χ4v) is 5.89. The van der Waals surface area contributed by atoms with Crippen molar-refractivity contribution in [3.63, 3.8) is 0 Å². The molecule has 5 nitrogen and oxygen atoms in total. The van der Waals surface area contributed by atoms with Gasteiger partial charge in [-0.15, -0.1) is 0 Å². The Bertz CT molecular complexity index is 1120. The lowest BCUT2D eigenvalue weighted by atomic mass is 9.98. The number of hydrogen-bond donors (Lipinski definition) is 0. The molecule has 6 rings (SSSR count). The number of pyridine rings is 1. The molecule has 5 heteroatoms. The van der Waals surface area contributed by atoms with Gasteiger partial charge in [0, 0.05) is 61.4 Å². The predicted molar refractivity (Wildman–Crippen MR) is 131 cm³/mol. The maximum atomic E-state index is 5.87. The van der Waals surface area contributed by atoms with E-state index in [1.54, 1.807) is 0 Å². The van der Waals surface area contributed by atoms with Gasteiger partial charge < -0.3 is 4.74 Å². The van der Waals surface area contributed by atoms with Gasteiger partial charge in [0.15, 0.2) is 0 Å². The fraction of sp³-hybridized carbons (Fsp3) is 0.500. The maximum absolute atomic E-state index is 5.87. The molecular formula is C28H34N4O. The van der Waals surface area contributed by atoms with E-state index in [2.05, 4.69) is 53.0 Å². The summed E-state index contributed by atoms with van der Waals surface area (Å²) in [5.41, 5.74) is 8.52. The second-order valence-electron chi connectivity index (χ2n) is 10.2. The molecule has 3 aliphatic rings.